The Morgan fingerprint density at radius 3 is 2.83 bits per heavy atom. The van der Waals surface area contributed by atoms with Gasteiger partial charge in [-0.15, -0.1) is 0 Å². The molecule has 1 atom stereocenters. The van der Waals surface area contributed by atoms with Crippen molar-refractivity contribution in [1.29, 1.82) is 0 Å². The number of carbonyl (C=O) groups excluding carboxylic acids is 2. The lowest BCUT2D eigenvalue weighted by molar-refractivity contribution is -0.128. The van der Waals surface area contributed by atoms with Crippen LogP contribution < -0.4 is 11.1 Å². The van der Waals surface area contributed by atoms with E-state index >= 15 is 0 Å². The normalized spacial score (nSPS) is 16.1. The van der Waals surface area contributed by atoms with Crippen molar-refractivity contribution in [1.82, 2.24) is 10.3 Å². The lowest BCUT2D eigenvalue weighted by Crippen LogP contribution is -2.46. The van der Waals surface area contributed by atoms with Gasteiger partial charge in [-0.05, 0) is 40.4 Å². The van der Waals surface area contributed by atoms with E-state index < -0.39 is 11.9 Å². The Morgan fingerprint density at radius 2 is 2.28 bits per heavy atom. The predicted molar refractivity (Wildman–Crippen MR) is 69.5 cm³/mol. The van der Waals surface area contributed by atoms with Crippen molar-refractivity contribution < 1.29 is 9.59 Å². The summed E-state index contributed by atoms with van der Waals surface area (Å²) in [5.41, 5.74) is 6.16. The molecule has 0 saturated heterocycles. The highest BCUT2D eigenvalue weighted by atomic mass is 79.9. The van der Waals surface area contributed by atoms with Gasteiger partial charge in [0, 0.05) is 18.5 Å². The van der Waals surface area contributed by atoms with E-state index in [9.17, 15) is 9.59 Å². The van der Waals surface area contributed by atoms with Crippen molar-refractivity contribution in [2.24, 2.45) is 11.7 Å². The molecular weight excluding hydrogens is 298 g/mol. The zero-order valence-corrected chi connectivity index (χ0v) is 11.3. The molecule has 5 nitrogen and oxygen atoms in total. The molecule has 2 rings (SSSR count). The molecule has 2 amide bonds. The average molecular weight is 312 g/mol. The third-order valence-electron chi connectivity index (χ3n) is 2.87. The molecule has 1 fully saturated rings. The molecule has 96 valence electrons. The molecule has 3 N–H and O–H groups in total. The van der Waals surface area contributed by atoms with Crippen LogP contribution in [0.25, 0.3) is 0 Å². The molecule has 1 aromatic rings. The number of halogens is 1. The number of rotatable bonds is 5. The van der Waals surface area contributed by atoms with Gasteiger partial charge in [0.05, 0.1) is 0 Å². The van der Waals surface area contributed by atoms with Crippen LogP contribution in [-0.4, -0.2) is 22.8 Å². The Hall–Kier alpha value is -1.43. The minimum Gasteiger partial charge on any atom is -0.368 e. The van der Waals surface area contributed by atoms with E-state index in [0.29, 0.717) is 11.0 Å². The minimum atomic E-state index is -0.682. The first-order valence-corrected chi connectivity index (χ1v) is 6.56. The largest absolute Gasteiger partial charge is 0.368 e. The SMILES string of the molecule is NC(=O)[C@@H](Cc1cccnc1Br)NC(=O)C1CC1. The third kappa shape index (κ3) is 3.29. The summed E-state index contributed by atoms with van der Waals surface area (Å²) in [7, 11) is 0. The first-order valence-electron chi connectivity index (χ1n) is 5.77. The molecule has 0 aliphatic heterocycles. The van der Waals surface area contributed by atoms with Gasteiger partial charge in [-0.3, -0.25) is 9.59 Å². The summed E-state index contributed by atoms with van der Waals surface area (Å²) in [4.78, 5) is 27.1. The van der Waals surface area contributed by atoms with Crippen LogP contribution in [0.2, 0.25) is 0 Å². The number of amides is 2. The smallest absolute Gasteiger partial charge is 0.240 e. The van der Waals surface area contributed by atoms with Crippen molar-refractivity contribution in [3.8, 4) is 0 Å². The first-order chi connectivity index (χ1) is 8.58. The Balaban J connectivity index is 2.04. The van der Waals surface area contributed by atoms with E-state index in [1.807, 2.05) is 6.07 Å². The van der Waals surface area contributed by atoms with Gasteiger partial charge in [0.25, 0.3) is 0 Å². The van der Waals surface area contributed by atoms with E-state index in [1.165, 1.54) is 0 Å². The molecule has 1 aliphatic carbocycles. The number of hydrogen-bond acceptors (Lipinski definition) is 3. The molecule has 1 aliphatic rings. The van der Waals surface area contributed by atoms with Crippen LogP contribution in [0.5, 0.6) is 0 Å². The maximum absolute atomic E-state index is 11.6. The van der Waals surface area contributed by atoms with Crippen molar-refractivity contribution >= 4 is 27.7 Å². The molecule has 1 heterocycles. The average Bonchev–Trinajstić information content (AvgIpc) is 3.14. The van der Waals surface area contributed by atoms with Crippen LogP contribution in [0, 0.1) is 5.92 Å². The highest BCUT2D eigenvalue weighted by molar-refractivity contribution is 9.10. The second-order valence-electron chi connectivity index (χ2n) is 4.40. The fourth-order valence-electron chi connectivity index (χ4n) is 1.65. The highest BCUT2D eigenvalue weighted by Gasteiger charge is 2.32. The molecule has 18 heavy (non-hydrogen) atoms. The van der Waals surface area contributed by atoms with Gasteiger partial charge in [-0.1, -0.05) is 6.07 Å². The number of nitrogens with zero attached hydrogens (tertiary/aromatic N) is 1. The van der Waals surface area contributed by atoms with Crippen LogP contribution in [0.4, 0.5) is 0 Å². The van der Waals surface area contributed by atoms with Crippen LogP contribution in [-0.2, 0) is 16.0 Å². The molecule has 0 unspecified atom stereocenters. The Bertz CT molecular complexity index is 474. The van der Waals surface area contributed by atoms with Crippen molar-refractivity contribution in [3.05, 3.63) is 28.5 Å². The summed E-state index contributed by atoms with van der Waals surface area (Å²) in [5, 5.41) is 2.69. The van der Waals surface area contributed by atoms with Gasteiger partial charge in [0.2, 0.25) is 11.8 Å². The summed E-state index contributed by atoms with van der Waals surface area (Å²) in [5.74, 6) is -0.553. The summed E-state index contributed by atoms with van der Waals surface area (Å²) >= 11 is 3.31. The summed E-state index contributed by atoms with van der Waals surface area (Å²) in [6.07, 6.45) is 3.79. The fraction of sp³-hybridized carbons (Fsp3) is 0.417. The Labute approximate surface area is 113 Å². The minimum absolute atomic E-state index is 0.0594. The summed E-state index contributed by atoms with van der Waals surface area (Å²) in [6, 6.07) is 2.94. The zero-order valence-electron chi connectivity index (χ0n) is 9.73. The number of nitrogens with two attached hydrogens (primary N) is 1. The summed E-state index contributed by atoms with van der Waals surface area (Å²) in [6.45, 7) is 0. The second-order valence-corrected chi connectivity index (χ2v) is 5.15. The van der Waals surface area contributed by atoms with E-state index in [4.69, 9.17) is 5.73 Å². The molecule has 6 heteroatoms. The van der Waals surface area contributed by atoms with Crippen LogP contribution in [0.3, 0.4) is 0 Å². The van der Waals surface area contributed by atoms with Crippen LogP contribution in [0.1, 0.15) is 18.4 Å². The number of carbonyl (C=O) groups is 2. The van der Waals surface area contributed by atoms with E-state index in [1.54, 1.807) is 12.3 Å². The third-order valence-corrected chi connectivity index (χ3v) is 3.58. The predicted octanol–water partition coefficient (Wildman–Crippen LogP) is 0.767. The van der Waals surface area contributed by atoms with E-state index in [0.717, 1.165) is 18.4 Å². The zero-order chi connectivity index (χ0) is 13.1. The van der Waals surface area contributed by atoms with Crippen molar-refractivity contribution in [3.63, 3.8) is 0 Å². The highest BCUT2D eigenvalue weighted by Crippen LogP contribution is 2.29. The van der Waals surface area contributed by atoms with Gasteiger partial charge < -0.3 is 11.1 Å². The number of primary amides is 1. The Morgan fingerprint density at radius 1 is 1.56 bits per heavy atom. The molecule has 0 aromatic carbocycles. The molecule has 1 aromatic heterocycles. The summed E-state index contributed by atoms with van der Waals surface area (Å²) < 4.78 is 0.664. The van der Waals surface area contributed by atoms with Gasteiger partial charge in [0.1, 0.15) is 10.6 Å². The molecule has 0 spiro atoms. The van der Waals surface area contributed by atoms with Gasteiger partial charge >= 0.3 is 0 Å². The van der Waals surface area contributed by atoms with Gasteiger partial charge in [-0.2, -0.15) is 0 Å². The number of aromatic nitrogens is 1. The fourth-order valence-corrected chi connectivity index (χ4v) is 2.06. The quantitative estimate of drug-likeness (QED) is 0.788. The standard InChI is InChI=1S/C12H14BrN3O2/c13-10-8(2-1-5-15-10)6-9(11(14)17)16-12(18)7-3-4-7/h1-2,5,7,9H,3-4,6H2,(H2,14,17)(H,16,18)/t9-/m1/s1. The molecular formula is C12H14BrN3O2. The molecule has 0 radical (unpaired) electrons. The number of hydrogen-bond donors (Lipinski definition) is 2. The molecule has 1 saturated carbocycles. The number of pyridine rings is 1. The monoisotopic (exact) mass is 311 g/mol. The number of nitrogens with one attached hydrogen (secondary N) is 1. The lowest BCUT2D eigenvalue weighted by atomic mass is 10.1. The van der Waals surface area contributed by atoms with Gasteiger partial charge in [-0.25, -0.2) is 4.98 Å². The van der Waals surface area contributed by atoms with E-state index in [2.05, 4.69) is 26.2 Å². The molecule has 0 bridgehead atoms. The van der Waals surface area contributed by atoms with E-state index in [-0.39, 0.29) is 11.8 Å². The topological polar surface area (TPSA) is 85.1 Å². The van der Waals surface area contributed by atoms with Crippen LogP contribution in [0.15, 0.2) is 22.9 Å². The first kappa shape index (κ1) is 13.0. The van der Waals surface area contributed by atoms with Crippen molar-refractivity contribution in [2.45, 2.75) is 25.3 Å². The maximum atomic E-state index is 11.6. The van der Waals surface area contributed by atoms with Crippen molar-refractivity contribution in [2.75, 3.05) is 0 Å². The Kier molecular flexibility index (Phi) is 3.96. The maximum Gasteiger partial charge on any atom is 0.240 e. The van der Waals surface area contributed by atoms with Crippen LogP contribution >= 0.6 is 15.9 Å². The lowest BCUT2D eigenvalue weighted by Gasteiger charge is -2.15. The second kappa shape index (κ2) is 5.48. The van der Waals surface area contributed by atoms with Gasteiger partial charge in [0.15, 0.2) is 0 Å².